The third-order valence-corrected chi connectivity index (χ3v) is 5.70. The Morgan fingerprint density at radius 2 is 1.43 bits per heavy atom. The zero-order valence-corrected chi connectivity index (χ0v) is 17.6. The number of para-hydroxylation sites is 2. The molecule has 2 aromatic rings. The molecule has 2 aliphatic heterocycles. The fourth-order valence-corrected chi connectivity index (χ4v) is 3.77. The fraction of sp³-hybridized carbons (Fsp3) is 0.476. The van der Waals surface area contributed by atoms with Crippen LogP contribution in [0.25, 0.3) is 0 Å². The van der Waals surface area contributed by atoms with E-state index in [1.807, 2.05) is 35.2 Å². The summed E-state index contributed by atoms with van der Waals surface area (Å²) < 4.78 is 5.30. The summed E-state index contributed by atoms with van der Waals surface area (Å²) in [7, 11) is 3.74. The Balaban J connectivity index is 1.30. The number of anilines is 3. The number of urea groups is 1. The molecule has 0 bridgehead atoms. The molecule has 0 saturated carbocycles. The first kappa shape index (κ1) is 20.2. The van der Waals surface area contributed by atoms with Crippen LogP contribution in [0.5, 0.6) is 5.75 Å². The standard InChI is InChI=1S/C21H29N7O2/c1-25-9-11-26(12-10-25)19-7-8-20(24-23-19)27-13-15-28(16-14-27)21(29)22-17-5-3-4-6-18(17)30-2/h3-8H,9-16H2,1-2H3,(H,22,29). The van der Waals surface area contributed by atoms with Gasteiger partial charge in [-0.15, -0.1) is 10.2 Å². The van der Waals surface area contributed by atoms with Gasteiger partial charge in [0.15, 0.2) is 11.6 Å². The van der Waals surface area contributed by atoms with Crippen molar-refractivity contribution in [3.8, 4) is 5.75 Å². The largest absolute Gasteiger partial charge is 0.495 e. The van der Waals surface area contributed by atoms with Crippen LogP contribution in [0.4, 0.5) is 22.1 Å². The first-order chi connectivity index (χ1) is 14.6. The number of nitrogens with zero attached hydrogens (tertiary/aromatic N) is 6. The fourth-order valence-electron chi connectivity index (χ4n) is 3.77. The summed E-state index contributed by atoms with van der Waals surface area (Å²) in [5.41, 5.74) is 0.679. The van der Waals surface area contributed by atoms with E-state index < -0.39 is 0 Å². The molecule has 0 aliphatic carbocycles. The van der Waals surface area contributed by atoms with Gasteiger partial charge in [-0.05, 0) is 31.3 Å². The van der Waals surface area contributed by atoms with Crippen LogP contribution in [0.1, 0.15) is 0 Å². The minimum Gasteiger partial charge on any atom is -0.495 e. The predicted octanol–water partition coefficient (Wildman–Crippen LogP) is 1.59. The molecule has 1 N–H and O–H groups in total. The minimum atomic E-state index is -0.115. The smallest absolute Gasteiger partial charge is 0.322 e. The van der Waals surface area contributed by atoms with Gasteiger partial charge >= 0.3 is 6.03 Å². The SMILES string of the molecule is COc1ccccc1NC(=O)N1CCN(c2ccc(N3CCN(C)CC3)nn2)CC1. The average molecular weight is 412 g/mol. The number of aromatic nitrogens is 2. The monoisotopic (exact) mass is 411 g/mol. The number of hydrogen-bond acceptors (Lipinski definition) is 7. The van der Waals surface area contributed by atoms with Crippen LogP contribution < -0.4 is 19.9 Å². The van der Waals surface area contributed by atoms with Gasteiger partial charge in [0.25, 0.3) is 0 Å². The maximum absolute atomic E-state index is 12.6. The summed E-state index contributed by atoms with van der Waals surface area (Å²) in [6, 6.07) is 11.4. The van der Waals surface area contributed by atoms with Gasteiger partial charge < -0.3 is 29.7 Å². The first-order valence-corrected chi connectivity index (χ1v) is 10.3. The average Bonchev–Trinajstić information content (AvgIpc) is 2.80. The molecule has 3 heterocycles. The Kier molecular flexibility index (Phi) is 6.18. The van der Waals surface area contributed by atoms with Crippen LogP contribution in [0, 0.1) is 0 Å². The topological polar surface area (TPSA) is 77.1 Å². The van der Waals surface area contributed by atoms with E-state index in [-0.39, 0.29) is 6.03 Å². The number of nitrogens with one attached hydrogen (secondary N) is 1. The second kappa shape index (κ2) is 9.17. The van der Waals surface area contributed by atoms with Gasteiger partial charge in [0.1, 0.15) is 5.75 Å². The van der Waals surface area contributed by atoms with Crippen LogP contribution in [-0.4, -0.2) is 92.5 Å². The Hall–Kier alpha value is -3.07. The van der Waals surface area contributed by atoms with E-state index in [1.165, 1.54) is 0 Å². The normalized spacial score (nSPS) is 17.7. The second-order valence-electron chi connectivity index (χ2n) is 7.64. The van der Waals surface area contributed by atoms with Crippen LogP contribution >= 0.6 is 0 Å². The van der Waals surface area contributed by atoms with E-state index in [9.17, 15) is 4.79 Å². The molecule has 1 aromatic heterocycles. The number of carbonyl (C=O) groups is 1. The summed E-state index contributed by atoms with van der Waals surface area (Å²) in [4.78, 5) is 21.2. The highest BCUT2D eigenvalue weighted by molar-refractivity contribution is 5.91. The van der Waals surface area contributed by atoms with Gasteiger partial charge in [0, 0.05) is 52.4 Å². The van der Waals surface area contributed by atoms with Crippen molar-refractivity contribution >= 4 is 23.4 Å². The number of amides is 2. The van der Waals surface area contributed by atoms with Gasteiger partial charge in [-0.1, -0.05) is 12.1 Å². The summed E-state index contributed by atoms with van der Waals surface area (Å²) in [5, 5.41) is 11.8. The molecule has 160 valence electrons. The van der Waals surface area contributed by atoms with Crippen LogP contribution in [0.2, 0.25) is 0 Å². The van der Waals surface area contributed by atoms with E-state index in [0.717, 1.165) is 50.9 Å². The number of rotatable bonds is 4. The predicted molar refractivity (Wildman–Crippen MR) is 118 cm³/mol. The second-order valence-corrected chi connectivity index (χ2v) is 7.64. The summed E-state index contributed by atoms with van der Waals surface area (Å²) in [5.74, 6) is 2.44. The number of ether oxygens (including phenoxy) is 1. The molecule has 0 atom stereocenters. The maximum atomic E-state index is 12.6. The molecule has 1 aromatic carbocycles. The van der Waals surface area contributed by atoms with Gasteiger partial charge in [0.2, 0.25) is 0 Å². The zero-order valence-electron chi connectivity index (χ0n) is 17.6. The van der Waals surface area contributed by atoms with Crippen molar-refractivity contribution < 1.29 is 9.53 Å². The molecule has 2 amide bonds. The van der Waals surface area contributed by atoms with Crippen molar-refractivity contribution in [2.45, 2.75) is 0 Å². The summed E-state index contributed by atoms with van der Waals surface area (Å²) >= 11 is 0. The lowest BCUT2D eigenvalue weighted by molar-refractivity contribution is 0.208. The van der Waals surface area contributed by atoms with E-state index in [2.05, 4.69) is 43.3 Å². The lowest BCUT2D eigenvalue weighted by Gasteiger charge is -2.35. The van der Waals surface area contributed by atoms with Gasteiger partial charge in [-0.25, -0.2) is 4.79 Å². The van der Waals surface area contributed by atoms with Crippen LogP contribution in [0.15, 0.2) is 36.4 Å². The molecule has 2 fully saturated rings. The molecule has 30 heavy (non-hydrogen) atoms. The van der Waals surface area contributed by atoms with Gasteiger partial charge in [0.05, 0.1) is 12.8 Å². The van der Waals surface area contributed by atoms with Gasteiger partial charge in [-0.3, -0.25) is 0 Å². The Bertz CT molecular complexity index is 845. The van der Waals surface area contributed by atoms with Crippen LogP contribution in [-0.2, 0) is 0 Å². The van der Waals surface area contributed by atoms with E-state index in [4.69, 9.17) is 4.74 Å². The van der Waals surface area contributed by atoms with Gasteiger partial charge in [-0.2, -0.15) is 0 Å². The quantitative estimate of drug-likeness (QED) is 0.819. The number of piperazine rings is 2. The number of benzene rings is 1. The summed E-state index contributed by atoms with van der Waals surface area (Å²) in [6.45, 7) is 6.75. The molecule has 2 aliphatic rings. The molecule has 2 saturated heterocycles. The van der Waals surface area contributed by atoms with Crippen molar-refractivity contribution in [3.63, 3.8) is 0 Å². The Morgan fingerprint density at radius 1 is 0.867 bits per heavy atom. The summed E-state index contributed by atoms with van der Waals surface area (Å²) in [6.07, 6.45) is 0. The molecule has 9 nitrogen and oxygen atoms in total. The molecular weight excluding hydrogens is 382 g/mol. The van der Waals surface area contributed by atoms with Crippen molar-refractivity contribution in [1.82, 2.24) is 20.0 Å². The van der Waals surface area contributed by atoms with Crippen molar-refractivity contribution in [3.05, 3.63) is 36.4 Å². The van der Waals surface area contributed by atoms with Crippen LogP contribution in [0.3, 0.4) is 0 Å². The molecule has 0 radical (unpaired) electrons. The zero-order chi connectivity index (χ0) is 20.9. The highest BCUT2D eigenvalue weighted by Crippen LogP contribution is 2.24. The highest BCUT2D eigenvalue weighted by atomic mass is 16.5. The maximum Gasteiger partial charge on any atom is 0.322 e. The number of hydrogen-bond donors (Lipinski definition) is 1. The number of carbonyl (C=O) groups excluding carboxylic acids is 1. The van der Waals surface area contributed by atoms with Crippen molar-refractivity contribution in [1.29, 1.82) is 0 Å². The first-order valence-electron chi connectivity index (χ1n) is 10.3. The lowest BCUT2D eigenvalue weighted by Crippen LogP contribution is -2.50. The Morgan fingerprint density at radius 3 is 2.00 bits per heavy atom. The third kappa shape index (κ3) is 4.56. The molecule has 9 heteroatoms. The molecule has 0 unspecified atom stereocenters. The minimum absolute atomic E-state index is 0.115. The lowest BCUT2D eigenvalue weighted by atomic mass is 10.3. The molecule has 4 rings (SSSR count). The Labute approximate surface area is 177 Å². The van der Waals surface area contributed by atoms with Crippen molar-refractivity contribution in [2.24, 2.45) is 0 Å². The molecular formula is C21H29N7O2. The van der Waals surface area contributed by atoms with Crippen molar-refractivity contribution in [2.75, 3.05) is 81.6 Å². The van der Waals surface area contributed by atoms with E-state index in [1.54, 1.807) is 7.11 Å². The number of methoxy groups -OCH3 is 1. The number of likely N-dealkylation sites (N-methyl/N-ethyl adjacent to an activating group) is 1. The van der Waals surface area contributed by atoms with E-state index in [0.29, 0.717) is 24.5 Å². The highest BCUT2D eigenvalue weighted by Gasteiger charge is 2.23. The molecule has 0 spiro atoms. The third-order valence-electron chi connectivity index (χ3n) is 5.70. The van der Waals surface area contributed by atoms with E-state index >= 15 is 0 Å².